The molecule has 0 bridgehead atoms. The first kappa shape index (κ1) is 14.2. The Morgan fingerprint density at radius 3 is 2.82 bits per heavy atom. The molecule has 6 heteroatoms. The molecule has 3 aromatic rings. The number of aromatic amines is 2. The van der Waals surface area contributed by atoms with Crippen LogP contribution in [0.15, 0.2) is 35.3 Å². The number of rotatable bonds is 4. The first-order valence-corrected chi connectivity index (χ1v) is 7.10. The Morgan fingerprint density at radius 2 is 2.09 bits per heavy atom. The number of anilines is 1. The fraction of sp³-hybridized carbons (Fsp3) is 0.250. The molecular formula is C16H18N4O2. The summed E-state index contributed by atoms with van der Waals surface area (Å²) >= 11 is 0. The molecule has 6 nitrogen and oxygen atoms in total. The van der Waals surface area contributed by atoms with E-state index in [-0.39, 0.29) is 11.5 Å². The van der Waals surface area contributed by atoms with Gasteiger partial charge in [-0.2, -0.15) is 5.10 Å². The lowest BCUT2D eigenvalue weighted by atomic mass is 10.1. The van der Waals surface area contributed by atoms with Crippen LogP contribution in [0.5, 0.6) is 5.75 Å². The molecule has 0 aliphatic heterocycles. The summed E-state index contributed by atoms with van der Waals surface area (Å²) in [5.41, 5.74) is 2.24. The average Bonchev–Trinajstić information content (AvgIpc) is 2.93. The molecular weight excluding hydrogens is 280 g/mol. The summed E-state index contributed by atoms with van der Waals surface area (Å²) in [5.74, 6) is 1.49. The smallest absolute Gasteiger partial charge is 0.190 e. The SMILES string of the molecule is COc1ccc2c(=O)cc(-c3cn[nH]c3NC(C)C)[nH]c2c1. The number of hydrogen-bond acceptors (Lipinski definition) is 4. The number of aromatic nitrogens is 3. The fourth-order valence-electron chi connectivity index (χ4n) is 2.39. The van der Waals surface area contributed by atoms with Gasteiger partial charge in [-0.05, 0) is 26.0 Å². The fourth-order valence-corrected chi connectivity index (χ4v) is 2.39. The summed E-state index contributed by atoms with van der Waals surface area (Å²) in [7, 11) is 1.60. The van der Waals surface area contributed by atoms with Crippen molar-refractivity contribution in [3.8, 4) is 17.0 Å². The van der Waals surface area contributed by atoms with E-state index in [2.05, 4.69) is 20.5 Å². The van der Waals surface area contributed by atoms with Gasteiger partial charge in [0, 0.05) is 23.6 Å². The van der Waals surface area contributed by atoms with Gasteiger partial charge in [-0.15, -0.1) is 0 Å². The minimum absolute atomic E-state index is 0.0388. The molecule has 2 aromatic heterocycles. The normalized spacial score (nSPS) is 11.1. The molecule has 0 aliphatic carbocycles. The van der Waals surface area contributed by atoms with Gasteiger partial charge in [-0.25, -0.2) is 0 Å². The van der Waals surface area contributed by atoms with Gasteiger partial charge in [0.1, 0.15) is 11.6 Å². The zero-order chi connectivity index (χ0) is 15.7. The first-order chi connectivity index (χ1) is 10.6. The Balaban J connectivity index is 2.15. The third-order valence-corrected chi connectivity index (χ3v) is 3.40. The van der Waals surface area contributed by atoms with Crippen LogP contribution in [0.25, 0.3) is 22.2 Å². The van der Waals surface area contributed by atoms with Crippen molar-refractivity contribution in [1.29, 1.82) is 0 Å². The van der Waals surface area contributed by atoms with Crippen LogP contribution in [-0.4, -0.2) is 28.3 Å². The molecule has 0 amide bonds. The number of benzene rings is 1. The first-order valence-electron chi connectivity index (χ1n) is 7.10. The van der Waals surface area contributed by atoms with Crippen molar-refractivity contribution in [2.24, 2.45) is 0 Å². The monoisotopic (exact) mass is 298 g/mol. The van der Waals surface area contributed by atoms with Crippen molar-refractivity contribution in [2.45, 2.75) is 19.9 Å². The van der Waals surface area contributed by atoms with Crippen LogP contribution in [0.1, 0.15) is 13.8 Å². The van der Waals surface area contributed by atoms with Crippen molar-refractivity contribution in [1.82, 2.24) is 15.2 Å². The van der Waals surface area contributed by atoms with Crippen LogP contribution < -0.4 is 15.5 Å². The Morgan fingerprint density at radius 1 is 1.27 bits per heavy atom. The van der Waals surface area contributed by atoms with Crippen molar-refractivity contribution >= 4 is 16.7 Å². The van der Waals surface area contributed by atoms with E-state index < -0.39 is 0 Å². The Kier molecular flexibility index (Phi) is 3.58. The van der Waals surface area contributed by atoms with Crippen LogP contribution in [0.3, 0.4) is 0 Å². The van der Waals surface area contributed by atoms with Gasteiger partial charge in [0.25, 0.3) is 0 Å². The maximum absolute atomic E-state index is 12.3. The highest BCUT2D eigenvalue weighted by Gasteiger charge is 2.11. The van der Waals surface area contributed by atoms with Crippen molar-refractivity contribution < 1.29 is 4.74 Å². The zero-order valence-electron chi connectivity index (χ0n) is 12.7. The molecule has 114 valence electrons. The maximum atomic E-state index is 12.3. The van der Waals surface area contributed by atoms with Gasteiger partial charge in [-0.1, -0.05) is 0 Å². The van der Waals surface area contributed by atoms with Crippen LogP contribution in [-0.2, 0) is 0 Å². The lowest BCUT2D eigenvalue weighted by Gasteiger charge is -2.10. The maximum Gasteiger partial charge on any atom is 0.190 e. The van der Waals surface area contributed by atoms with E-state index in [1.54, 1.807) is 31.5 Å². The minimum atomic E-state index is -0.0388. The van der Waals surface area contributed by atoms with Gasteiger partial charge in [0.05, 0.1) is 30.1 Å². The Bertz CT molecular complexity index is 864. The molecule has 3 N–H and O–H groups in total. The van der Waals surface area contributed by atoms with E-state index in [0.717, 1.165) is 16.9 Å². The molecule has 0 aliphatic rings. The molecule has 0 saturated heterocycles. The summed E-state index contributed by atoms with van der Waals surface area (Å²) in [6, 6.07) is 7.20. The molecule has 0 saturated carbocycles. The summed E-state index contributed by atoms with van der Waals surface area (Å²) < 4.78 is 5.22. The van der Waals surface area contributed by atoms with Gasteiger partial charge >= 0.3 is 0 Å². The van der Waals surface area contributed by atoms with E-state index in [0.29, 0.717) is 16.8 Å². The van der Waals surface area contributed by atoms with Crippen LogP contribution in [0.2, 0.25) is 0 Å². The van der Waals surface area contributed by atoms with E-state index >= 15 is 0 Å². The van der Waals surface area contributed by atoms with Crippen LogP contribution >= 0.6 is 0 Å². The second-order valence-electron chi connectivity index (χ2n) is 5.42. The number of fused-ring (bicyclic) bond motifs is 1. The molecule has 0 radical (unpaired) electrons. The second-order valence-corrected chi connectivity index (χ2v) is 5.42. The van der Waals surface area contributed by atoms with Gasteiger partial charge in [-0.3, -0.25) is 9.89 Å². The highest BCUT2D eigenvalue weighted by Crippen LogP contribution is 2.26. The summed E-state index contributed by atoms with van der Waals surface area (Å²) in [5, 5.41) is 10.9. The summed E-state index contributed by atoms with van der Waals surface area (Å²) in [6.07, 6.45) is 1.70. The van der Waals surface area contributed by atoms with E-state index in [1.807, 2.05) is 19.9 Å². The lowest BCUT2D eigenvalue weighted by Crippen LogP contribution is -2.11. The van der Waals surface area contributed by atoms with E-state index in [4.69, 9.17) is 4.74 Å². The van der Waals surface area contributed by atoms with E-state index in [9.17, 15) is 4.79 Å². The molecule has 0 unspecified atom stereocenters. The van der Waals surface area contributed by atoms with Crippen LogP contribution in [0, 0.1) is 0 Å². The van der Waals surface area contributed by atoms with Crippen molar-refractivity contribution in [3.05, 3.63) is 40.7 Å². The number of nitrogens with one attached hydrogen (secondary N) is 3. The highest BCUT2D eigenvalue weighted by molar-refractivity contribution is 5.84. The molecule has 2 heterocycles. The molecule has 22 heavy (non-hydrogen) atoms. The zero-order valence-corrected chi connectivity index (χ0v) is 12.7. The largest absolute Gasteiger partial charge is 0.497 e. The molecule has 1 aromatic carbocycles. The summed E-state index contributed by atoms with van der Waals surface area (Å²) in [4.78, 5) is 15.6. The second kappa shape index (κ2) is 5.55. The molecule has 0 spiro atoms. The highest BCUT2D eigenvalue weighted by atomic mass is 16.5. The number of ether oxygens (including phenoxy) is 1. The standard InChI is InChI=1S/C16H18N4O2/c1-9(2)18-16-12(8-17-20-16)14-7-15(21)11-5-4-10(22-3)6-13(11)19-14/h4-9H,1-3H3,(H,19,21)(H2,17,18,20). The number of hydrogen-bond donors (Lipinski definition) is 3. The lowest BCUT2D eigenvalue weighted by molar-refractivity contribution is 0.415. The molecule has 3 rings (SSSR count). The number of H-pyrrole nitrogens is 2. The average molecular weight is 298 g/mol. The molecule has 0 atom stereocenters. The van der Waals surface area contributed by atoms with Crippen molar-refractivity contribution in [3.63, 3.8) is 0 Å². The topological polar surface area (TPSA) is 82.8 Å². The number of nitrogens with zero attached hydrogens (tertiary/aromatic N) is 1. The predicted molar refractivity (Wildman–Crippen MR) is 87.5 cm³/mol. The van der Waals surface area contributed by atoms with Gasteiger partial charge in [0.2, 0.25) is 0 Å². The minimum Gasteiger partial charge on any atom is -0.497 e. The van der Waals surface area contributed by atoms with Gasteiger partial charge in [0.15, 0.2) is 5.43 Å². The van der Waals surface area contributed by atoms with Crippen LogP contribution in [0.4, 0.5) is 5.82 Å². The third kappa shape index (κ3) is 2.55. The predicted octanol–water partition coefficient (Wildman–Crippen LogP) is 2.75. The van der Waals surface area contributed by atoms with E-state index in [1.165, 1.54) is 0 Å². The Hall–Kier alpha value is -2.76. The third-order valence-electron chi connectivity index (χ3n) is 3.40. The quantitative estimate of drug-likeness (QED) is 0.691. The Labute approximate surface area is 127 Å². The van der Waals surface area contributed by atoms with Gasteiger partial charge < -0.3 is 15.0 Å². The van der Waals surface area contributed by atoms with Crippen molar-refractivity contribution in [2.75, 3.05) is 12.4 Å². The summed E-state index contributed by atoms with van der Waals surface area (Å²) in [6.45, 7) is 4.08. The molecule has 0 fully saturated rings. The number of methoxy groups -OCH3 is 1. The number of pyridine rings is 1.